The van der Waals surface area contributed by atoms with Gasteiger partial charge in [0, 0.05) is 11.6 Å². The third-order valence-electron chi connectivity index (χ3n) is 2.13. The van der Waals surface area contributed by atoms with E-state index in [9.17, 15) is 4.79 Å². The highest BCUT2D eigenvalue weighted by Gasteiger charge is 2.02. The smallest absolute Gasteiger partial charge is 0.267 e. The van der Waals surface area contributed by atoms with Crippen molar-refractivity contribution in [3.63, 3.8) is 0 Å². The van der Waals surface area contributed by atoms with Crippen LogP contribution in [-0.4, -0.2) is 10.9 Å². The minimum Gasteiger partial charge on any atom is -0.364 e. The van der Waals surface area contributed by atoms with Gasteiger partial charge in [-0.2, -0.15) is 0 Å². The fourth-order valence-corrected chi connectivity index (χ4v) is 1.40. The summed E-state index contributed by atoms with van der Waals surface area (Å²) in [6.07, 6.45) is 1.67. The minimum atomic E-state index is -0.493. The first-order chi connectivity index (χ1) is 6.66. The lowest BCUT2D eigenvalue weighted by atomic mass is 10.1. The van der Waals surface area contributed by atoms with Gasteiger partial charge in [0.2, 0.25) is 0 Å². The summed E-state index contributed by atoms with van der Waals surface area (Å²) in [4.78, 5) is 14.8. The van der Waals surface area contributed by atoms with E-state index in [1.807, 2.05) is 25.1 Å². The Morgan fingerprint density at radius 2 is 2.07 bits per heavy atom. The van der Waals surface area contributed by atoms with Crippen LogP contribution in [0.5, 0.6) is 0 Å². The molecule has 2 aromatic rings. The second-order valence-electron chi connectivity index (χ2n) is 3.28. The number of primary amides is 1. The number of hydrogen-bond acceptors (Lipinski definition) is 2. The minimum absolute atomic E-state index is 0.307. The first kappa shape index (κ1) is 8.69. The third kappa shape index (κ3) is 1.44. The summed E-state index contributed by atoms with van der Waals surface area (Å²) < 4.78 is 0. The Morgan fingerprint density at radius 3 is 2.79 bits per heavy atom. The van der Waals surface area contributed by atoms with Crippen molar-refractivity contribution < 1.29 is 4.79 Å². The summed E-state index contributed by atoms with van der Waals surface area (Å²) in [5.41, 5.74) is 6.61. The molecule has 0 bridgehead atoms. The monoisotopic (exact) mass is 186 g/mol. The quantitative estimate of drug-likeness (QED) is 0.736. The highest BCUT2D eigenvalue weighted by molar-refractivity contribution is 5.95. The number of carbonyl (C=O) groups is 1. The molecule has 14 heavy (non-hydrogen) atoms. The molecule has 0 unspecified atom stereocenters. The van der Waals surface area contributed by atoms with Gasteiger partial charge in [-0.3, -0.25) is 9.78 Å². The molecule has 0 radical (unpaired) electrons. The zero-order chi connectivity index (χ0) is 10.1. The van der Waals surface area contributed by atoms with Gasteiger partial charge < -0.3 is 5.73 Å². The molecule has 0 aliphatic carbocycles. The Hall–Kier alpha value is -1.90. The molecule has 1 amide bonds. The van der Waals surface area contributed by atoms with Crippen LogP contribution in [0.2, 0.25) is 0 Å². The molecule has 3 heteroatoms. The zero-order valence-electron chi connectivity index (χ0n) is 7.82. The van der Waals surface area contributed by atoms with E-state index in [0.29, 0.717) is 5.69 Å². The van der Waals surface area contributed by atoms with Gasteiger partial charge in [0.15, 0.2) is 0 Å². The Balaban J connectivity index is 2.67. The number of rotatable bonds is 1. The number of aryl methyl sites for hydroxylation is 1. The number of aromatic nitrogens is 1. The lowest BCUT2D eigenvalue weighted by Crippen LogP contribution is -2.12. The van der Waals surface area contributed by atoms with Gasteiger partial charge >= 0.3 is 0 Å². The van der Waals surface area contributed by atoms with Gasteiger partial charge in [-0.25, -0.2) is 0 Å². The van der Waals surface area contributed by atoms with E-state index in [1.165, 1.54) is 5.56 Å². The molecule has 0 aliphatic heterocycles. The number of fused-ring (bicyclic) bond motifs is 1. The van der Waals surface area contributed by atoms with Crippen LogP contribution in [0.1, 0.15) is 16.1 Å². The molecule has 0 aliphatic rings. The maximum atomic E-state index is 10.9. The van der Waals surface area contributed by atoms with Crippen LogP contribution < -0.4 is 5.73 Å². The van der Waals surface area contributed by atoms with E-state index in [4.69, 9.17) is 5.73 Å². The average molecular weight is 186 g/mol. The Kier molecular flexibility index (Phi) is 1.93. The molecule has 0 saturated heterocycles. The van der Waals surface area contributed by atoms with Crippen molar-refractivity contribution in [2.45, 2.75) is 6.92 Å². The molecule has 70 valence electrons. The van der Waals surface area contributed by atoms with Crippen molar-refractivity contribution in [3.05, 3.63) is 41.7 Å². The van der Waals surface area contributed by atoms with Gasteiger partial charge in [-0.15, -0.1) is 0 Å². The summed E-state index contributed by atoms with van der Waals surface area (Å²) in [6, 6.07) is 7.68. The summed E-state index contributed by atoms with van der Waals surface area (Å²) >= 11 is 0. The molecule has 1 aromatic heterocycles. The van der Waals surface area contributed by atoms with Gasteiger partial charge in [0.05, 0.1) is 0 Å². The average Bonchev–Trinajstić information content (AvgIpc) is 2.16. The number of nitrogens with zero attached hydrogens (tertiary/aromatic N) is 1. The van der Waals surface area contributed by atoms with E-state index >= 15 is 0 Å². The molecule has 3 nitrogen and oxygen atoms in total. The molecule has 2 rings (SSSR count). The van der Waals surface area contributed by atoms with E-state index in [0.717, 1.165) is 10.8 Å². The molecule has 0 spiro atoms. The van der Waals surface area contributed by atoms with Gasteiger partial charge in [0.1, 0.15) is 5.69 Å². The molecule has 0 fully saturated rings. The fourth-order valence-electron chi connectivity index (χ4n) is 1.40. The zero-order valence-corrected chi connectivity index (χ0v) is 7.82. The van der Waals surface area contributed by atoms with Crippen molar-refractivity contribution in [2.24, 2.45) is 5.73 Å². The van der Waals surface area contributed by atoms with Crippen LogP contribution >= 0.6 is 0 Å². The summed E-state index contributed by atoms with van der Waals surface area (Å²) in [6.45, 7) is 2.02. The molecule has 1 heterocycles. The topological polar surface area (TPSA) is 56.0 Å². The van der Waals surface area contributed by atoms with Crippen molar-refractivity contribution in [3.8, 4) is 0 Å². The first-order valence-corrected chi connectivity index (χ1v) is 4.33. The Labute approximate surface area is 81.6 Å². The summed E-state index contributed by atoms with van der Waals surface area (Å²) in [5.74, 6) is -0.493. The molecule has 0 saturated carbocycles. The standard InChI is InChI=1S/C11H10N2O/c1-7-2-3-8-5-10(11(12)14)13-6-9(8)4-7/h2-6H,1H3,(H2,12,14). The number of amides is 1. The van der Waals surface area contributed by atoms with Crippen LogP contribution in [-0.2, 0) is 0 Å². The van der Waals surface area contributed by atoms with Crippen molar-refractivity contribution in [2.75, 3.05) is 0 Å². The Bertz CT molecular complexity index is 506. The van der Waals surface area contributed by atoms with Gasteiger partial charge in [0.25, 0.3) is 5.91 Å². The second-order valence-corrected chi connectivity index (χ2v) is 3.28. The highest BCUT2D eigenvalue weighted by atomic mass is 16.1. The SMILES string of the molecule is Cc1ccc2cc(C(N)=O)ncc2c1. The van der Waals surface area contributed by atoms with Crippen molar-refractivity contribution >= 4 is 16.7 Å². The van der Waals surface area contributed by atoms with E-state index in [-0.39, 0.29) is 0 Å². The van der Waals surface area contributed by atoms with E-state index in [1.54, 1.807) is 12.3 Å². The largest absolute Gasteiger partial charge is 0.364 e. The van der Waals surface area contributed by atoms with Crippen LogP contribution in [0, 0.1) is 6.92 Å². The molecular weight excluding hydrogens is 176 g/mol. The summed E-state index contributed by atoms with van der Waals surface area (Å²) in [5, 5.41) is 2.01. The predicted molar refractivity (Wildman–Crippen MR) is 55.0 cm³/mol. The predicted octanol–water partition coefficient (Wildman–Crippen LogP) is 1.64. The summed E-state index contributed by atoms with van der Waals surface area (Å²) in [7, 11) is 0. The van der Waals surface area contributed by atoms with Crippen LogP contribution in [0.4, 0.5) is 0 Å². The number of nitrogens with two attached hydrogens (primary N) is 1. The number of pyridine rings is 1. The van der Waals surface area contributed by atoms with E-state index in [2.05, 4.69) is 4.98 Å². The number of hydrogen-bond donors (Lipinski definition) is 1. The fraction of sp³-hybridized carbons (Fsp3) is 0.0909. The normalized spacial score (nSPS) is 10.4. The molecule has 1 aromatic carbocycles. The lowest BCUT2D eigenvalue weighted by molar-refractivity contribution is 0.0996. The van der Waals surface area contributed by atoms with Gasteiger partial charge in [-0.1, -0.05) is 17.7 Å². The lowest BCUT2D eigenvalue weighted by Gasteiger charge is -2.00. The van der Waals surface area contributed by atoms with Crippen LogP contribution in [0.3, 0.4) is 0 Å². The van der Waals surface area contributed by atoms with Crippen LogP contribution in [0.25, 0.3) is 10.8 Å². The van der Waals surface area contributed by atoms with Crippen molar-refractivity contribution in [1.82, 2.24) is 4.98 Å². The maximum Gasteiger partial charge on any atom is 0.267 e. The Morgan fingerprint density at radius 1 is 1.29 bits per heavy atom. The van der Waals surface area contributed by atoms with Crippen molar-refractivity contribution in [1.29, 1.82) is 0 Å². The second kappa shape index (κ2) is 3.10. The van der Waals surface area contributed by atoms with E-state index < -0.39 is 5.91 Å². The molecule has 0 atom stereocenters. The highest BCUT2D eigenvalue weighted by Crippen LogP contribution is 2.15. The maximum absolute atomic E-state index is 10.9. The van der Waals surface area contributed by atoms with Gasteiger partial charge in [-0.05, 0) is 24.4 Å². The first-order valence-electron chi connectivity index (χ1n) is 4.33. The molecular formula is C11H10N2O. The number of carbonyl (C=O) groups excluding carboxylic acids is 1. The number of benzene rings is 1. The van der Waals surface area contributed by atoms with Crippen LogP contribution in [0.15, 0.2) is 30.5 Å². The third-order valence-corrected chi connectivity index (χ3v) is 2.13. The molecule has 2 N–H and O–H groups in total.